The molecule has 1 heterocycles. The predicted octanol–water partition coefficient (Wildman–Crippen LogP) is 4.26. The Hall–Kier alpha value is -1.56. The van der Waals surface area contributed by atoms with Crippen molar-refractivity contribution >= 4 is 33.7 Å². The van der Waals surface area contributed by atoms with Gasteiger partial charge in [-0.3, -0.25) is 9.91 Å². The summed E-state index contributed by atoms with van der Waals surface area (Å²) in [5.41, 5.74) is 2.26. The SMILES string of the molecule is COc1ccc(Br)cc1C=NN1CCN(Cc2ccc(Cl)cc2)CC1. The van der Waals surface area contributed by atoms with E-state index in [4.69, 9.17) is 16.3 Å². The molecule has 0 radical (unpaired) electrons. The van der Waals surface area contributed by atoms with Crippen LogP contribution in [-0.2, 0) is 6.54 Å². The number of halogens is 2. The molecule has 1 saturated heterocycles. The van der Waals surface area contributed by atoms with Crippen LogP contribution in [0, 0.1) is 0 Å². The second kappa shape index (κ2) is 8.70. The van der Waals surface area contributed by atoms with Gasteiger partial charge in [-0.25, -0.2) is 0 Å². The third-order valence-corrected chi connectivity index (χ3v) is 4.97. The van der Waals surface area contributed by atoms with Crippen LogP contribution >= 0.6 is 27.5 Å². The van der Waals surface area contributed by atoms with Crippen molar-refractivity contribution in [1.29, 1.82) is 0 Å². The van der Waals surface area contributed by atoms with Crippen molar-refractivity contribution in [3.05, 3.63) is 63.1 Å². The Balaban J connectivity index is 1.54. The zero-order valence-corrected chi connectivity index (χ0v) is 16.5. The van der Waals surface area contributed by atoms with E-state index in [1.165, 1.54) is 5.56 Å². The number of piperazine rings is 1. The summed E-state index contributed by atoms with van der Waals surface area (Å²) in [6.45, 7) is 4.78. The average molecular weight is 423 g/mol. The Labute approximate surface area is 162 Å². The molecule has 1 fully saturated rings. The molecule has 0 aromatic heterocycles. The first-order chi connectivity index (χ1) is 12.1. The van der Waals surface area contributed by atoms with Gasteiger partial charge in [0, 0.05) is 47.8 Å². The van der Waals surface area contributed by atoms with Gasteiger partial charge in [0.25, 0.3) is 0 Å². The summed E-state index contributed by atoms with van der Waals surface area (Å²) < 4.78 is 6.40. The van der Waals surface area contributed by atoms with E-state index in [1.54, 1.807) is 7.11 Å². The number of methoxy groups -OCH3 is 1. The standard InChI is InChI=1S/C19H21BrClN3O/c1-25-19-7-4-17(20)12-16(19)13-22-24-10-8-23(9-11-24)14-15-2-5-18(21)6-3-15/h2-7,12-13H,8-11,14H2,1H3. The third kappa shape index (κ3) is 5.21. The molecule has 0 aliphatic carbocycles. The lowest BCUT2D eigenvalue weighted by atomic mass is 10.2. The second-order valence-corrected chi connectivity index (χ2v) is 7.34. The summed E-state index contributed by atoms with van der Waals surface area (Å²) in [5.74, 6) is 0.827. The maximum atomic E-state index is 5.94. The van der Waals surface area contributed by atoms with Crippen LogP contribution in [0.15, 0.2) is 52.0 Å². The highest BCUT2D eigenvalue weighted by molar-refractivity contribution is 9.10. The number of hydrazone groups is 1. The molecule has 6 heteroatoms. The van der Waals surface area contributed by atoms with E-state index in [2.05, 4.69) is 43.1 Å². The van der Waals surface area contributed by atoms with Crippen LogP contribution in [0.4, 0.5) is 0 Å². The van der Waals surface area contributed by atoms with Crippen LogP contribution < -0.4 is 4.74 Å². The van der Waals surface area contributed by atoms with Crippen molar-refractivity contribution in [2.75, 3.05) is 33.3 Å². The Morgan fingerprint density at radius 1 is 1.12 bits per heavy atom. The van der Waals surface area contributed by atoms with Gasteiger partial charge in [-0.15, -0.1) is 0 Å². The molecule has 0 N–H and O–H groups in total. The van der Waals surface area contributed by atoms with Crippen molar-refractivity contribution in [2.45, 2.75) is 6.54 Å². The van der Waals surface area contributed by atoms with Crippen molar-refractivity contribution in [3.63, 3.8) is 0 Å². The molecule has 0 bridgehead atoms. The maximum absolute atomic E-state index is 5.94. The van der Waals surface area contributed by atoms with Crippen LogP contribution in [-0.4, -0.2) is 49.4 Å². The van der Waals surface area contributed by atoms with E-state index >= 15 is 0 Å². The van der Waals surface area contributed by atoms with Gasteiger partial charge in [-0.05, 0) is 35.9 Å². The summed E-state index contributed by atoms with van der Waals surface area (Å²) in [6, 6.07) is 14.0. The molecule has 3 rings (SSSR count). The molecule has 2 aromatic rings. The monoisotopic (exact) mass is 421 g/mol. The smallest absolute Gasteiger partial charge is 0.127 e. The molecule has 25 heavy (non-hydrogen) atoms. The number of hydrogen-bond acceptors (Lipinski definition) is 4. The Morgan fingerprint density at radius 2 is 1.84 bits per heavy atom. The number of nitrogens with zero attached hydrogens (tertiary/aromatic N) is 3. The molecule has 132 valence electrons. The van der Waals surface area contributed by atoms with Gasteiger partial charge in [0.15, 0.2) is 0 Å². The Bertz CT molecular complexity index is 728. The molecular formula is C19H21BrClN3O. The highest BCUT2D eigenvalue weighted by atomic mass is 79.9. The Morgan fingerprint density at radius 3 is 2.52 bits per heavy atom. The average Bonchev–Trinajstić information content (AvgIpc) is 2.63. The van der Waals surface area contributed by atoms with Gasteiger partial charge in [-0.1, -0.05) is 39.7 Å². The summed E-state index contributed by atoms with van der Waals surface area (Å²) >= 11 is 9.43. The van der Waals surface area contributed by atoms with Crippen molar-refractivity contribution in [2.24, 2.45) is 5.10 Å². The fourth-order valence-corrected chi connectivity index (χ4v) is 3.31. The largest absolute Gasteiger partial charge is 0.496 e. The van der Waals surface area contributed by atoms with Crippen LogP contribution in [0.2, 0.25) is 5.02 Å². The minimum Gasteiger partial charge on any atom is -0.496 e. The third-order valence-electron chi connectivity index (χ3n) is 4.22. The number of benzene rings is 2. The quantitative estimate of drug-likeness (QED) is 0.674. The van der Waals surface area contributed by atoms with Gasteiger partial charge in [0.05, 0.1) is 13.3 Å². The van der Waals surface area contributed by atoms with E-state index in [0.29, 0.717) is 0 Å². The molecule has 4 nitrogen and oxygen atoms in total. The molecule has 0 amide bonds. The minimum absolute atomic E-state index is 0.783. The van der Waals surface area contributed by atoms with Gasteiger partial charge in [0.1, 0.15) is 5.75 Å². The highest BCUT2D eigenvalue weighted by Gasteiger charge is 2.15. The normalized spacial score (nSPS) is 15.7. The van der Waals surface area contributed by atoms with Crippen molar-refractivity contribution in [3.8, 4) is 5.75 Å². The minimum atomic E-state index is 0.783. The first kappa shape index (κ1) is 18.2. The van der Waals surface area contributed by atoms with E-state index in [1.807, 2.05) is 36.5 Å². The van der Waals surface area contributed by atoms with Crippen molar-refractivity contribution < 1.29 is 4.74 Å². The Kier molecular flexibility index (Phi) is 6.34. The van der Waals surface area contributed by atoms with E-state index < -0.39 is 0 Å². The molecule has 2 aromatic carbocycles. The molecule has 1 aliphatic heterocycles. The summed E-state index contributed by atoms with van der Waals surface area (Å²) in [6.07, 6.45) is 1.87. The molecule has 0 spiro atoms. The zero-order valence-electron chi connectivity index (χ0n) is 14.2. The van der Waals surface area contributed by atoms with E-state index in [9.17, 15) is 0 Å². The molecule has 0 saturated carbocycles. The lowest BCUT2D eigenvalue weighted by Gasteiger charge is -2.33. The first-order valence-electron chi connectivity index (χ1n) is 8.23. The zero-order chi connectivity index (χ0) is 17.6. The highest BCUT2D eigenvalue weighted by Crippen LogP contribution is 2.21. The van der Waals surface area contributed by atoms with E-state index in [-0.39, 0.29) is 0 Å². The van der Waals surface area contributed by atoms with Crippen LogP contribution in [0.1, 0.15) is 11.1 Å². The van der Waals surface area contributed by atoms with Gasteiger partial charge in [-0.2, -0.15) is 5.10 Å². The molecule has 0 atom stereocenters. The number of ether oxygens (including phenoxy) is 1. The fourth-order valence-electron chi connectivity index (χ4n) is 2.81. The van der Waals surface area contributed by atoms with Gasteiger partial charge < -0.3 is 4.74 Å². The summed E-state index contributed by atoms with van der Waals surface area (Å²) in [5, 5.41) is 7.51. The van der Waals surface area contributed by atoms with Crippen LogP contribution in [0.25, 0.3) is 0 Å². The van der Waals surface area contributed by atoms with E-state index in [0.717, 1.165) is 53.5 Å². The van der Waals surface area contributed by atoms with Crippen LogP contribution in [0.3, 0.4) is 0 Å². The topological polar surface area (TPSA) is 28.1 Å². The molecule has 1 aliphatic rings. The number of hydrogen-bond donors (Lipinski definition) is 0. The van der Waals surface area contributed by atoms with Crippen molar-refractivity contribution in [1.82, 2.24) is 9.91 Å². The molecular weight excluding hydrogens is 402 g/mol. The molecule has 0 unspecified atom stereocenters. The lowest BCUT2D eigenvalue weighted by Crippen LogP contribution is -2.43. The van der Waals surface area contributed by atoms with Gasteiger partial charge in [0.2, 0.25) is 0 Å². The van der Waals surface area contributed by atoms with Crippen LogP contribution in [0.5, 0.6) is 5.75 Å². The summed E-state index contributed by atoms with van der Waals surface area (Å²) in [4.78, 5) is 2.44. The number of rotatable bonds is 5. The fraction of sp³-hybridized carbons (Fsp3) is 0.316. The maximum Gasteiger partial charge on any atom is 0.127 e. The second-order valence-electron chi connectivity index (χ2n) is 5.99. The lowest BCUT2D eigenvalue weighted by molar-refractivity contribution is 0.131. The predicted molar refractivity (Wildman–Crippen MR) is 107 cm³/mol. The first-order valence-corrected chi connectivity index (χ1v) is 9.40. The van der Waals surface area contributed by atoms with Gasteiger partial charge >= 0.3 is 0 Å². The summed E-state index contributed by atoms with van der Waals surface area (Å²) in [7, 11) is 1.68.